The highest BCUT2D eigenvalue weighted by Crippen LogP contribution is 2.17. The minimum absolute atomic E-state index is 0.415. The van der Waals surface area contributed by atoms with Crippen LogP contribution in [0.15, 0.2) is 66.8 Å². The van der Waals surface area contributed by atoms with Gasteiger partial charge in [0.1, 0.15) is 6.61 Å². The van der Waals surface area contributed by atoms with Crippen LogP contribution in [0.2, 0.25) is 0 Å². The highest BCUT2D eigenvalue weighted by molar-refractivity contribution is 5.88. The maximum atomic E-state index is 5.52. The van der Waals surface area contributed by atoms with Gasteiger partial charge in [-0.15, -0.1) is 0 Å². The third-order valence-corrected chi connectivity index (χ3v) is 3.04. The Kier molecular flexibility index (Phi) is 5.37. The molecule has 2 aromatic rings. The number of hydrogen-bond acceptors (Lipinski definition) is 1. The van der Waals surface area contributed by atoms with Crippen molar-refractivity contribution in [3.05, 3.63) is 72.3 Å². The van der Waals surface area contributed by atoms with Gasteiger partial charge < -0.3 is 4.74 Å². The Morgan fingerprint density at radius 2 is 1.86 bits per heavy atom. The van der Waals surface area contributed by atoms with Crippen LogP contribution in [0.4, 0.5) is 0 Å². The molecule has 0 saturated heterocycles. The lowest BCUT2D eigenvalue weighted by atomic mass is 10.1. The van der Waals surface area contributed by atoms with E-state index in [0.717, 1.165) is 23.1 Å². The number of allylic oxidation sites excluding steroid dienone is 1. The molecule has 0 radical (unpaired) electrons. The highest BCUT2D eigenvalue weighted by atomic mass is 16.5. The molecule has 0 saturated carbocycles. The molecule has 0 amide bonds. The average molecular weight is 276 g/mol. The normalized spacial score (nSPS) is 9.95. The van der Waals surface area contributed by atoms with Crippen LogP contribution in [0.25, 0.3) is 10.8 Å². The molecule has 0 aliphatic carbocycles. The molecular formula is C20H20O. The molecule has 0 aliphatic rings. The van der Waals surface area contributed by atoms with Crippen molar-refractivity contribution in [1.82, 2.24) is 0 Å². The molecule has 1 nitrogen and oxygen atoms in total. The third-order valence-electron chi connectivity index (χ3n) is 3.04. The van der Waals surface area contributed by atoms with Crippen LogP contribution >= 0.6 is 0 Å². The smallest absolute Gasteiger partial charge is 0.108 e. The van der Waals surface area contributed by atoms with E-state index in [1.807, 2.05) is 31.2 Å². The Morgan fingerprint density at radius 3 is 2.67 bits per heavy atom. The van der Waals surface area contributed by atoms with Crippen LogP contribution in [0, 0.1) is 11.8 Å². The molecule has 0 fully saturated rings. The standard InChI is InChI=1S/C20H20O/c1-16(2)14-17(3)15-21-13-7-11-19-10-6-9-18-8-4-5-12-20(18)19/h4-6,8-10,12H,1,3,13-15H2,2H3. The van der Waals surface area contributed by atoms with E-state index in [-0.39, 0.29) is 0 Å². The highest BCUT2D eigenvalue weighted by Gasteiger charge is 1.96. The number of hydrogen-bond donors (Lipinski definition) is 0. The molecule has 0 atom stereocenters. The number of rotatable bonds is 5. The van der Waals surface area contributed by atoms with Gasteiger partial charge in [-0.2, -0.15) is 0 Å². The second-order valence-electron chi connectivity index (χ2n) is 5.21. The summed E-state index contributed by atoms with van der Waals surface area (Å²) < 4.78 is 5.52. The molecule has 0 aliphatic heterocycles. The van der Waals surface area contributed by atoms with Gasteiger partial charge in [0.05, 0.1) is 6.61 Å². The molecule has 0 heterocycles. The molecule has 2 aromatic carbocycles. The quantitative estimate of drug-likeness (QED) is 0.436. The van der Waals surface area contributed by atoms with Gasteiger partial charge in [0.25, 0.3) is 0 Å². The van der Waals surface area contributed by atoms with Gasteiger partial charge in [-0.1, -0.05) is 67.0 Å². The fourth-order valence-corrected chi connectivity index (χ4v) is 2.19. The fourth-order valence-electron chi connectivity index (χ4n) is 2.19. The van der Waals surface area contributed by atoms with Crippen molar-refractivity contribution in [3.8, 4) is 11.8 Å². The molecule has 0 N–H and O–H groups in total. The van der Waals surface area contributed by atoms with Gasteiger partial charge in [-0.25, -0.2) is 0 Å². The second kappa shape index (κ2) is 7.47. The third kappa shape index (κ3) is 4.63. The zero-order chi connectivity index (χ0) is 15.1. The summed E-state index contributed by atoms with van der Waals surface area (Å²) >= 11 is 0. The molecule has 1 heteroatoms. The summed E-state index contributed by atoms with van der Waals surface area (Å²) in [6, 6.07) is 14.4. The molecule has 106 valence electrons. The van der Waals surface area contributed by atoms with E-state index < -0.39 is 0 Å². The summed E-state index contributed by atoms with van der Waals surface area (Å²) in [5.74, 6) is 6.25. The lowest BCUT2D eigenvalue weighted by Crippen LogP contribution is -1.98. The van der Waals surface area contributed by atoms with Crippen molar-refractivity contribution in [3.63, 3.8) is 0 Å². The minimum atomic E-state index is 0.415. The number of fused-ring (bicyclic) bond motifs is 1. The van der Waals surface area contributed by atoms with Crippen molar-refractivity contribution < 1.29 is 4.74 Å². The zero-order valence-electron chi connectivity index (χ0n) is 12.5. The van der Waals surface area contributed by atoms with Gasteiger partial charge in [0, 0.05) is 5.56 Å². The first-order valence-corrected chi connectivity index (χ1v) is 7.02. The first-order valence-electron chi connectivity index (χ1n) is 7.02. The lowest BCUT2D eigenvalue weighted by Gasteiger charge is -2.04. The van der Waals surface area contributed by atoms with Gasteiger partial charge >= 0.3 is 0 Å². The van der Waals surface area contributed by atoms with Crippen LogP contribution in [0.1, 0.15) is 18.9 Å². The SMILES string of the molecule is C=C(C)CC(=C)COCC#Cc1cccc2ccccc12. The van der Waals surface area contributed by atoms with Crippen LogP contribution in [0.3, 0.4) is 0 Å². The van der Waals surface area contributed by atoms with Gasteiger partial charge in [-0.05, 0) is 35.8 Å². The van der Waals surface area contributed by atoms with E-state index in [1.165, 1.54) is 10.8 Å². The monoisotopic (exact) mass is 276 g/mol. The van der Waals surface area contributed by atoms with Crippen LogP contribution in [0.5, 0.6) is 0 Å². The summed E-state index contributed by atoms with van der Waals surface area (Å²) in [6.07, 6.45) is 0.816. The summed E-state index contributed by atoms with van der Waals surface area (Å²) in [7, 11) is 0. The maximum absolute atomic E-state index is 5.52. The molecular weight excluding hydrogens is 256 g/mol. The minimum Gasteiger partial charge on any atom is -0.364 e. The van der Waals surface area contributed by atoms with Gasteiger partial charge in [0.15, 0.2) is 0 Å². The molecule has 0 spiro atoms. The molecule has 0 bridgehead atoms. The summed E-state index contributed by atoms with van der Waals surface area (Å²) in [4.78, 5) is 0. The zero-order valence-corrected chi connectivity index (χ0v) is 12.5. The van der Waals surface area contributed by atoms with Crippen LogP contribution in [-0.2, 0) is 4.74 Å². The van der Waals surface area contributed by atoms with E-state index in [0.29, 0.717) is 13.2 Å². The van der Waals surface area contributed by atoms with Crippen LogP contribution < -0.4 is 0 Å². The maximum Gasteiger partial charge on any atom is 0.108 e. The molecule has 0 unspecified atom stereocenters. The van der Waals surface area contributed by atoms with Crippen molar-refractivity contribution in [2.24, 2.45) is 0 Å². The Morgan fingerprint density at radius 1 is 1.10 bits per heavy atom. The van der Waals surface area contributed by atoms with Crippen molar-refractivity contribution >= 4 is 10.8 Å². The Bertz CT molecular complexity index is 708. The largest absolute Gasteiger partial charge is 0.364 e. The fraction of sp³-hybridized carbons (Fsp3) is 0.200. The van der Waals surface area contributed by atoms with E-state index in [2.05, 4.69) is 43.2 Å². The molecule has 21 heavy (non-hydrogen) atoms. The summed E-state index contributed by atoms with van der Waals surface area (Å²) in [5, 5.41) is 2.39. The molecule has 0 aromatic heterocycles. The predicted octanol–water partition coefficient (Wildman–Crippen LogP) is 4.73. The molecule has 2 rings (SSSR count). The first-order chi connectivity index (χ1) is 10.2. The Balaban J connectivity index is 1.93. The number of ether oxygens (including phenoxy) is 1. The Labute approximate surface area is 126 Å². The average Bonchev–Trinajstić information content (AvgIpc) is 2.46. The predicted molar refractivity (Wildman–Crippen MR) is 90.2 cm³/mol. The Hall–Kier alpha value is -2.30. The van der Waals surface area contributed by atoms with Gasteiger partial charge in [-0.3, -0.25) is 0 Å². The van der Waals surface area contributed by atoms with E-state index in [9.17, 15) is 0 Å². The van der Waals surface area contributed by atoms with Crippen molar-refractivity contribution in [2.75, 3.05) is 13.2 Å². The summed E-state index contributed by atoms with van der Waals surface area (Å²) in [6.45, 7) is 10.8. The summed E-state index contributed by atoms with van der Waals surface area (Å²) in [5.41, 5.74) is 3.18. The second-order valence-corrected chi connectivity index (χ2v) is 5.21. The topological polar surface area (TPSA) is 9.23 Å². The van der Waals surface area contributed by atoms with Crippen molar-refractivity contribution in [1.29, 1.82) is 0 Å². The van der Waals surface area contributed by atoms with Crippen molar-refractivity contribution in [2.45, 2.75) is 13.3 Å². The lowest BCUT2D eigenvalue weighted by molar-refractivity contribution is 0.191. The van der Waals surface area contributed by atoms with Gasteiger partial charge in [0.2, 0.25) is 0 Å². The van der Waals surface area contributed by atoms with E-state index in [4.69, 9.17) is 4.74 Å². The first kappa shape index (κ1) is 15.1. The van der Waals surface area contributed by atoms with E-state index in [1.54, 1.807) is 0 Å². The van der Waals surface area contributed by atoms with E-state index >= 15 is 0 Å². The number of benzene rings is 2. The van der Waals surface area contributed by atoms with Crippen LogP contribution in [-0.4, -0.2) is 13.2 Å².